The number of hydrogen-bond acceptors (Lipinski definition) is 7. The number of carbonyl (C=O) groups excluding carboxylic acids is 2. The van der Waals surface area contributed by atoms with Gasteiger partial charge in [-0.05, 0) is 66.6 Å². The van der Waals surface area contributed by atoms with Crippen LogP contribution in [0, 0.1) is 6.92 Å². The Balaban J connectivity index is 1.27. The first-order valence-corrected chi connectivity index (χ1v) is 11.7. The highest BCUT2D eigenvalue weighted by atomic mass is 32.1. The fourth-order valence-electron chi connectivity index (χ4n) is 3.17. The van der Waals surface area contributed by atoms with E-state index in [0.29, 0.717) is 22.8 Å². The van der Waals surface area contributed by atoms with E-state index in [4.69, 9.17) is 9.47 Å². The van der Waals surface area contributed by atoms with Gasteiger partial charge in [-0.2, -0.15) is 0 Å². The van der Waals surface area contributed by atoms with Gasteiger partial charge in [-0.3, -0.25) is 9.59 Å². The largest absolute Gasteiger partial charge is 0.497 e. The molecule has 0 atom stereocenters. The third-order valence-electron chi connectivity index (χ3n) is 5.03. The zero-order valence-electron chi connectivity index (χ0n) is 19.3. The maximum absolute atomic E-state index is 12.5. The van der Waals surface area contributed by atoms with Gasteiger partial charge in [0, 0.05) is 17.8 Å². The minimum Gasteiger partial charge on any atom is -0.497 e. The summed E-state index contributed by atoms with van der Waals surface area (Å²) in [6.45, 7) is 2.62. The molecule has 0 saturated carbocycles. The molecule has 0 aliphatic rings. The molecule has 9 heteroatoms. The Morgan fingerprint density at radius 3 is 2.40 bits per heavy atom. The molecule has 0 aliphatic carbocycles. The van der Waals surface area contributed by atoms with E-state index in [1.807, 2.05) is 55.5 Å². The number of aromatic nitrogens is 2. The number of ether oxygens (including phenoxy) is 2. The lowest BCUT2D eigenvalue weighted by Crippen LogP contribution is -2.22. The fraction of sp³-hybridized carbons (Fsp3) is 0.154. The van der Waals surface area contributed by atoms with Crippen molar-refractivity contribution in [1.82, 2.24) is 15.5 Å². The van der Waals surface area contributed by atoms with Crippen molar-refractivity contribution in [3.05, 3.63) is 99.5 Å². The molecule has 8 nitrogen and oxygen atoms in total. The summed E-state index contributed by atoms with van der Waals surface area (Å²) in [4.78, 5) is 25.0. The van der Waals surface area contributed by atoms with Crippen molar-refractivity contribution >= 4 is 28.8 Å². The first-order valence-electron chi connectivity index (χ1n) is 10.8. The monoisotopic (exact) mass is 488 g/mol. The highest BCUT2D eigenvalue weighted by Crippen LogP contribution is 2.18. The molecule has 0 saturated heterocycles. The van der Waals surface area contributed by atoms with Crippen LogP contribution in [0.3, 0.4) is 0 Å². The number of methoxy groups -OCH3 is 1. The van der Waals surface area contributed by atoms with Gasteiger partial charge < -0.3 is 20.1 Å². The van der Waals surface area contributed by atoms with Gasteiger partial charge in [-0.25, -0.2) is 0 Å². The number of rotatable bonds is 9. The third-order valence-corrected chi connectivity index (χ3v) is 5.93. The van der Waals surface area contributed by atoms with Crippen LogP contribution < -0.4 is 20.1 Å². The van der Waals surface area contributed by atoms with Gasteiger partial charge in [0.1, 0.15) is 18.1 Å². The Labute approximate surface area is 206 Å². The minimum atomic E-state index is -0.374. The average molecular weight is 489 g/mol. The molecule has 0 unspecified atom stereocenters. The second-order valence-corrected chi connectivity index (χ2v) is 8.73. The van der Waals surface area contributed by atoms with Gasteiger partial charge in [0.25, 0.3) is 11.8 Å². The lowest BCUT2D eigenvalue weighted by atomic mass is 10.1. The number of carbonyl (C=O) groups is 2. The number of nitrogens with one attached hydrogen (secondary N) is 2. The smallest absolute Gasteiger partial charge is 0.286 e. The van der Waals surface area contributed by atoms with Crippen molar-refractivity contribution in [2.45, 2.75) is 20.1 Å². The Bertz CT molecular complexity index is 1300. The summed E-state index contributed by atoms with van der Waals surface area (Å²) >= 11 is 1.17. The summed E-state index contributed by atoms with van der Waals surface area (Å²) in [5.41, 5.74) is 3.10. The first kappa shape index (κ1) is 23.9. The number of nitrogens with zero attached hydrogens (tertiary/aromatic N) is 2. The Kier molecular flexibility index (Phi) is 7.69. The first-order chi connectivity index (χ1) is 17.0. The zero-order valence-corrected chi connectivity index (χ0v) is 20.1. The van der Waals surface area contributed by atoms with Crippen molar-refractivity contribution < 1.29 is 19.1 Å². The molecule has 2 N–H and O–H groups in total. The maximum Gasteiger partial charge on any atom is 0.286 e. The molecule has 4 rings (SSSR count). The highest BCUT2D eigenvalue weighted by molar-refractivity contribution is 7.13. The molecule has 1 aromatic heterocycles. The van der Waals surface area contributed by atoms with Crippen molar-refractivity contribution in [2.75, 3.05) is 12.4 Å². The fourth-order valence-corrected chi connectivity index (χ4v) is 3.82. The van der Waals surface area contributed by atoms with Crippen LogP contribution in [-0.2, 0) is 13.2 Å². The lowest BCUT2D eigenvalue weighted by molar-refractivity contribution is 0.0950. The van der Waals surface area contributed by atoms with E-state index in [1.165, 1.54) is 11.3 Å². The van der Waals surface area contributed by atoms with Gasteiger partial charge in [0.15, 0.2) is 5.01 Å². The van der Waals surface area contributed by atoms with Crippen molar-refractivity contribution in [1.29, 1.82) is 0 Å². The molecule has 2 amide bonds. The summed E-state index contributed by atoms with van der Waals surface area (Å²) in [5, 5.41) is 14.5. The predicted molar refractivity (Wildman–Crippen MR) is 134 cm³/mol. The summed E-state index contributed by atoms with van der Waals surface area (Å²) in [6, 6.07) is 21.8. The van der Waals surface area contributed by atoms with Gasteiger partial charge >= 0.3 is 0 Å². The van der Waals surface area contributed by atoms with E-state index in [2.05, 4.69) is 20.8 Å². The summed E-state index contributed by atoms with van der Waals surface area (Å²) in [5.74, 6) is 0.916. The summed E-state index contributed by atoms with van der Waals surface area (Å²) in [7, 11) is 1.61. The maximum atomic E-state index is 12.5. The number of anilines is 1. The molecular weight excluding hydrogens is 464 g/mol. The standard InChI is InChI=1S/C26H24N4O4S/c1-17-4-3-5-22(14-17)34-16-23-29-30-26(35-23)25(32)28-20-10-8-19(9-11-20)24(31)27-15-18-6-12-21(33-2)13-7-18/h3-14H,15-16H2,1-2H3,(H,27,31)(H,28,32). The lowest BCUT2D eigenvalue weighted by Gasteiger charge is -2.08. The van der Waals surface area contributed by atoms with E-state index in [1.54, 1.807) is 31.4 Å². The molecule has 0 bridgehead atoms. The van der Waals surface area contributed by atoms with Crippen LogP contribution in [0.5, 0.6) is 11.5 Å². The molecule has 0 fully saturated rings. The minimum absolute atomic E-state index is 0.207. The number of amides is 2. The van der Waals surface area contributed by atoms with Crippen LogP contribution >= 0.6 is 11.3 Å². The number of hydrogen-bond donors (Lipinski definition) is 2. The van der Waals surface area contributed by atoms with E-state index >= 15 is 0 Å². The van der Waals surface area contributed by atoms with Crippen LogP contribution in [-0.4, -0.2) is 29.1 Å². The molecular formula is C26H24N4O4S. The molecule has 4 aromatic rings. The van der Waals surface area contributed by atoms with Crippen LogP contribution in [0.4, 0.5) is 5.69 Å². The number of benzene rings is 3. The third kappa shape index (κ3) is 6.64. The van der Waals surface area contributed by atoms with E-state index in [9.17, 15) is 9.59 Å². The molecule has 178 valence electrons. The van der Waals surface area contributed by atoms with E-state index < -0.39 is 0 Å². The van der Waals surface area contributed by atoms with E-state index in [0.717, 1.165) is 22.6 Å². The predicted octanol–water partition coefficient (Wildman–Crippen LogP) is 4.62. The SMILES string of the molecule is COc1ccc(CNC(=O)c2ccc(NC(=O)c3nnc(COc4cccc(C)c4)s3)cc2)cc1. The van der Waals surface area contributed by atoms with Crippen molar-refractivity contribution in [3.63, 3.8) is 0 Å². The average Bonchev–Trinajstić information content (AvgIpc) is 3.36. The van der Waals surface area contributed by atoms with Gasteiger partial charge in [0.2, 0.25) is 5.01 Å². The second kappa shape index (κ2) is 11.3. The Morgan fingerprint density at radius 1 is 0.914 bits per heavy atom. The molecule has 0 spiro atoms. The summed E-state index contributed by atoms with van der Waals surface area (Å²) < 4.78 is 10.8. The molecule has 3 aromatic carbocycles. The Morgan fingerprint density at radius 2 is 1.69 bits per heavy atom. The van der Waals surface area contributed by atoms with Gasteiger partial charge in [0.05, 0.1) is 7.11 Å². The highest BCUT2D eigenvalue weighted by Gasteiger charge is 2.14. The normalized spacial score (nSPS) is 10.5. The Hall–Kier alpha value is -4.24. The molecule has 35 heavy (non-hydrogen) atoms. The number of aryl methyl sites for hydroxylation is 1. The topological polar surface area (TPSA) is 102 Å². The summed E-state index contributed by atoms with van der Waals surface area (Å²) in [6.07, 6.45) is 0. The zero-order chi connectivity index (χ0) is 24.6. The van der Waals surface area contributed by atoms with Crippen LogP contribution in [0.15, 0.2) is 72.8 Å². The van der Waals surface area contributed by atoms with Crippen LogP contribution in [0.1, 0.15) is 36.3 Å². The van der Waals surface area contributed by atoms with Gasteiger partial charge in [-0.15, -0.1) is 10.2 Å². The van der Waals surface area contributed by atoms with Crippen molar-refractivity contribution in [3.8, 4) is 11.5 Å². The van der Waals surface area contributed by atoms with Crippen LogP contribution in [0.2, 0.25) is 0 Å². The van der Waals surface area contributed by atoms with E-state index in [-0.39, 0.29) is 23.4 Å². The van der Waals surface area contributed by atoms with Gasteiger partial charge in [-0.1, -0.05) is 35.6 Å². The molecule has 1 heterocycles. The molecule has 0 aliphatic heterocycles. The molecule has 0 radical (unpaired) electrons. The van der Waals surface area contributed by atoms with Crippen LogP contribution in [0.25, 0.3) is 0 Å². The second-order valence-electron chi connectivity index (χ2n) is 7.67. The quantitative estimate of drug-likeness (QED) is 0.357. The van der Waals surface area contributed by atoms with Crippen molar-refractivity contribution in [2.24, 2.45) is 0 Å².